The van der Waals surface area contributed by atoms with Crippen LogP contribution in [0.4, 0.5) is 0 Å². The van der Waals surface area contributed by atoms with Gasteiger partial charge in [-0.05, 0) is 38.4 Å². The third kappa shape index (κ3) is 3.23. The maximum absolute atomic E-state index is 8.77. The maximum atomic E-state index is 8.77. The topological polar surface area (TPSA) is 35.5 Å². The lowest BCUT2D eigenvalue weighted by molar-refractivity contribution is 0.203. The van der Waals surface area contributed by atoms with Crippen LogP contribution in [0.25, 0.3) is 0 Å². The minimum absolute atomic E-state index is 0.262. The van der Waals surface area contributed by atoms with Gasteiger partial charge in [0.05, 0.1) is 6.61 Å². The Hall–Kier alpha value is -0.120. The summed E-state index contributed by atoms with van der Waals surface area (Å²) in [5.41, 5.74) is 0.444. The summed E-state index contributed by atoms with van der Waals surface area (Å²) in [6.45, 7) is 7.95. The number of nitrogens with zero attached hydrogens (tertiary/aromatic N) is 1. The van der Waals surface area contributed by atoms with Crippen molar-refractivity contribution in [3.05, 3.63) is 0 Å². The lowest BCUT2D eigenvalue weighted by atomic mass is 9.83. The van der Waals surface area contributed by atoms with Gasteiger partial charge in [-0.15, -0.1) is 0 Å². The van der Waals surface area contributed by atoms with E-state index >= 15 is 0 Å². The molecule has 1 saturated heterocycles. The highest BCUT2D eigenvalue weighted by Gasteiger charge is 2.33. The molecule has 0 bridgehead atoms. The van der Waals surface area contributed by atoms with Crippen LogP contribution < -0.4 is 5.32 Å². The molecule has 0 amide bonds. The minimum atomic E-state index is 0.262. The van der Waals surface area contributed by atoms with Crippen molar-refractivity contribution in [2.24, 2.45) is 5.41 Å². The van der Waals surface area contributed by atoms with E-state index in [9.17, 15) is 0 Å². The van der Waals surface area contributed by atoms with Crippen molar-refractivity contribution in [1.82, 2.24) is 10.2 Å². The highest BCUT2D eigenvalue weighted by atomic mass is 16.3. The van der Waals surface area contributed by atoms with Crippen LogP contribution in [0, 0.1) is 5.41 Å². The van der Waals surface area contributed by atoms with Crippen LogP contribution >= 0.6 is 0 Å². The van der Waals surface area contributed by atoms with Crippen LogP contribution in [0.3, 0.4) is 0 Å². The molecule has 14 heavy (non-hydrogen) atoms. The number of hydrogen-bond donors (Lipinski definition) is 2. The van der Waals surface area contributed by atoms with Crippen molar-refractivity contribution in [1.29, 1.82) is 0 Å². The van der Waals surface area contributed by atoms with Crippen molar-refractivity contribution in [2.45, 2.75) is 32.7 Å². The second-order valence-electron chi connectivity index (χ2n) is 5.06. The molecule has 0 aromatic carbocycles. The van der Waals surface area contributed by atoms with Gasteiger partial charge < -0.3 is 15.3 Å². The average molecular weight is 200 g/mol. The minimum Gasteiger partial charge on any atom is -0.395 e. The molecule has 1 aliphatic rings. The number of aliphatic hydroxyl groups excluding tert-OH is 1. The zero-order valence-electron chi connectivity index (χ0n) is 9.71. The van der Waals surface area contributed by atoms with Crippen LogP contribution in [0.5, 0.6) is 0 Å². The molecule has 2 N–H and O–H groups in total. The summed E-state index contributed by atoms with van der Waals surface area (Å²) < 4.78 is 0. The quantitative estimate of drug-likeness (QED) is 0.685. The molecular weight excluding hydrogens is 176 g/mol. The van der Waals surface area contributed by atoms with E-state index in [1.165, 1.54) is 12.8 Å². The van der Waals surface area contributed by atoms with Crippen molar-refractivity contribution in [2.75, 3.05) is 33.3 Å². The van der Waals surface area contributed by atoms with Gasteiger partial charge in [0.25, 0.3) is 0 Å². The molecular formula is C11H24N2O. The molecule has 0 spiro atoms. The normalized spacial score (nSPS) is 25.9. The summed E-state index contributed by atoms with van der Waals surface area (Å²) in [6, 6.07) is 0.642. The fourth-order valence-electron chi connectivity index (χ4n) is 2.14. The first-order valence-corrected chi connectivity index (χ1v) is 5.59. The van der Waals surface area contributed by atoms with Gasteiger partial charge in [-0.2, -0.15) is 0 Å². The fourth-order valence-corrected chi connectivity index (χ4v) is 2.14. The molecule has 0 aromatic heterocycles. The Morgan fingerprint density at radius 2 is 2.14 bits per heavy atom. The maximum Gasteiger partial charge on any atom is 0.0558 e. The molecule has 1 fully saturated rings. The molecule has 0 saturated carbocycles. The molecule has 1 aliphatic heterocycles. The lowest BCUT2D eigenvalue weighted by Gasteiger charge is -2.28. The van der Waals surface area contributed by atoms with E-state index < -0.39 is 0 Å². The Morgan fingerprint density at radius 1 is 1.43 bits per heavy atom. The van der Waals surface area contributed by atoms with Crippen molar-refractivity contribution >= 4 is 0 Å². The molecule has 0 radical (unpaired) electrons. The zero-order valence-corrected chi connectivity index (χ0v) is 9.71. The van der Waals surface area contributed by atoms with E-state index in [4.69, 9.17) is 5.11 Å². The molecule has 0 aromatic rings. The van der Waals surface area contributed by atoms with Gasteiger partial charge in [0.15, 0.2) is 0 Å². The van der Waals surface area contributed by atoms with Crippen LogP contribution in [-0.2, 0) is 0 Å². The number of nitrogens with one attached hydrogen (secondary N) is 1. The third-order valence-electron chi connectivity index (χ3n) is 3.38. The van der Waals surface area contributed by atoms with E-state index in [2.05, 4.69) is 31.1 Å². The number of rotatable bonds is 5. The van der Waals surface area contributed by atoms with Crippen molar-refractivity contribution in [3.63, 3.8) is 0 Å². The number of hydrogen-bond acceptors (Lipinski definition) is 3. The molecule has 0 aliphatic carbocycles. The molecule has 1 heterocycles. The van der Waals surface area contributed by atoms with Gasteiger partial charge in [0.2, 0.25) is 0 Å². The Balaban J connectivity index is 2.24. The van der Waals surface area contributed by atoms with Gasteiger partial charge in [-0.3, -0.25) is 0 Å². The first kappa shape index (κ1) is 12.0. The number of aliphatic hydroxyl groups is 1. The van der Waals surface area contributed by atoms with Gasteiger partial charge >= 0.3 is 0 Å². The second kappa shape index (κ2) is 5.10. The van der Waals surface area contributed by atoms with E-state index in [1.807, 2.05) is 0 Å². The summed E-state index contributed by atoms with van der Waals surface area (Å²) in [5.74, 6) is 0. The molecule has 3 heteroatoms. The molecule has 1 unspecified atom stereocenters. The van der Waals surface area contributed by atoms with Crippen LogP contribution in [0.15, 0.2) is 0 Å². The summed E-state index contributed by atoms with van der Waals surface area (Å²) in [4.78, 5) is 2.19. The fraction of sp³-hybridized carbons (Fsp3) is 1.00. The summed E-state index contributed by atoms with van der Waals surface area (Å²) >= 11 is 0. The average Bonchev–Trinajstić information content (AvgIpc) is 2.42. The van der Waals surface area contributed by atoms with Gasteiger partial charge in [-0.1, -0.05) is 13.8 Å². The van der Waals surface area contributed by atoms with Gasteiger partial charge in [0, 0.05) is 12.6 Å². The molecule has 1 rings (SSSR count). The summed E-state index contributed by atoms with van der Waals surface area (Å²) in [6.07, 6.45) is 2.46. The summed E-state index contributed by atoms with van der Waals surface area (Å²) in [7, 11) is 2.07. The second-order valence-corrected chi connectivity index (χ2v) is 5.06. The Morgan fingerprint density at radius 3 is 2.64 bits per heavy atom. The smallest absolute Gasteiger partial charge is 0.0558 e. The van der Waals surface area contributed by atoms with E-state index in [1.54, 1.807) is 0 Å². The zero-order chi connectivity index (χ0) is 10.6. The van der Waals surface area contributed by atoms with E-state index in [0.717, 1.165) is 19.6 Å². The predicted molar refractivity (Wildman–Crippen MR) is 59.4 cm³/mol. The van der Waals surface area contributed by atoms with Crippen LogP contribution in [-0.4, -0.2) is 49.3 Å². The summed E-state index contributed by atoms with van der Waals surface area (Å²) in [5, 5.41) is 12.3. The monoisotopic (exact) mass is 200 g/mol. The Kier molecular flexibility index (Phi) is 4.35. The molecule has 84 valence electrons. The molecule has 1 atom stereocenters. The van der Waals surface area contributed by atoms with Crippen molar-refractivity contribution in [3.8, 4) is 0 Å². The predicted octanol–water partition coefficient (Wildman–Crippen LogP) is 0.689. The SMILES string of the molecule is CN(CCO)CCC1NCCC1(C)C. The Labute approximate surface area is 87.5 Å². The van der Waals surface area contributed by atoms with Crippen LogP contribution in [0.1, 0.15) is 26.7 Å². The standard InChI is InChI=1S/C11H24N2O/c1-11(2)5-6-12-10(11)4-7-13(3)8-9-14/h10,12,14H,4-9H2,1-3H3. The van der Waals surface area contributed by atoms with Gasteiger partial charge in [0.1, 0.15) is 0 Å². The van der Waals surface area contributed by atoms with E-state index in [-0.39, 0.29) is 6.61 Å². The van der Waals surface area contributed by atoms with E-state index in [0.29, 0.717) is 11.5 Å². The first-order valence-electron chi connectivity index (χ1n) is 5.59. The van der Waals surface area contributed by atoms with Crippen LogP contribution in [0.2, 0.25) is 0 Å². The first-order chi connectivity index (χ1) is 6.56. The third-order valence-corrected chi connectivity index (χ3v) is 3.38. The lowest BCUT2D eigenvalue weighted by Crippen LogP contribution is -2.36. The van der Waals surface area contributed by atoms with Gasteiger partial charge in [-0.25, -0.2) is 0 Å². The Bertz CT molecular complexity index is 171. The largest absolute Gasteiger partial charge is 0.395 e. The molecule has 3 nitrogen and oxygen atoms in total. The van der Waals surface area contributed by atoms with Crippen molar-refractivity contribution < 1.29 is 5.11 Å². The highest BCUT2D eigenvalue weighted by Crippen LogP contribution is 2.31. The number of likely N-dealkylation sites (N-methyl/N-ethyl adjacent to an activating group) is 1. The highest BCUT2D eigenvalue weighted by molar-refractivity contribution is 4.90.